The number of anilines is 1. The van der Waals surface area contributed by atoms with Crippen LogP contribution in [0.25, 0.3) is 22.4 Å². The van der Waals surface area contributed by atoms with Gasteiger partial charge in [-0.3, -0.25) is 20.6 Å². The van der Waals surface area contributed by atoms with Gasteiger partial charge >= 0.3 is 0 Å². The summed E-state index contributed by atoms with van der Waals surface area (Å²) in [6, 6.07) is 5.93. The first-order chi connectivity index (χ1) is 17.9. The van der Waals surface area contributed by atoms with Crippen LogP contribution in [0.5, 0.6) is 0 Å². The molecule has 1 amide bonds. The van der Waals surface area contributed by atoms with Gasteiger partial charge in [0.1, 0.15) is 17.9 Å². The number of nitrogens with one attached hydrogen (secondary N) is 2. The summed E-state index contributed by atoms with van der Waals surface area (Å²) in [5, 5.41) is 18.3. The van der Waals surface area contributed by atoms with E-state index in [1.807, 2.05) is 23.1 Å². The van der Waals surface area contributed by atoms with E-state index < -0.39 is 0 Å². The summed E-state index contributed by atoms with van der Waals surface area (Å²) in [5.74, 6) is 1.92. The Morgan fingerprint density at radius 1 is 1.16 bits per heavy atom. The van der Waals surface area contributed by atoms with Crippen LogP contribution in [0.3, 0.4) is 0 Å². The number of fused-ring (bicyclic) bond motifs is 1. The molecule has 10 heteroatoms. The minimum absolute atomic E-state index is 0.0954. The number of halogens is 1. The molecule has 2 saturated heterocycles. The molecule has 2 aliphatic heterocycles. The molecule has 37 heavy (non-hydrogen) atoms. The van der Waals surface area contributed by atoms with E-state index in [0.29, 0.717) is 54.7 Å². The average molecular weight is 520 g/mol. The summed E-state index contributed by atoms with van der Waals surface area (Å²) in [7, 11) is 0. The maximum Gasteiger partial charge on any atom is 0.226 e. The van der Waals surface area contributed by atoms with Crippen LogP contribution in [0.4, 0.5) is 5.69 Å². The van der Waals surface area contributed by atoms with Crippen molar-refractivity contribution >= 4 is 45.8 Å². The molecular weight excluding hydrogens is 490 g/mol. The predicted molar refractivity (Wildman–Crippen MR) is 143 cm³/mol. The van der Waals surface area contributed by atoms with E-state index in [2.05, 4.69) is 21.8 Å². The molecule has 1 aromatic carbocycles. The smallest absolute Gasteiger partial charge is 0.226 e. The zero-order valence-electron chi connectivity index (χ0n) is 20.8. The van der Waals surface area contributed by atoms with Gasteiger partial charge in [-0.05, 0) is 43.4 Å². The number of carbonyl (C=O) groups excluding carboxylic acids is 1. The lowest BCUT2D eigenvalue weighted by Crippen LogP contribution is -2.56. The number of aromatic nitrogens is 2. The molecule has 9 nitrogen and oxygen atoms in total. The van der Waals surface area contributed by atoms with Gasteiger partial charge in [0.25, 0.3) is 0 Å². The van der Waals surface area contributed by atoms with E-state index in [1.54, 1.807) is 23.6 Å². The van der Waals surface area contributed by atoms with Crippen LogP contribution < -0.4 is 4.90 Å². The molecule has 192 valence electrons. The van der Waals surface area contributed by atoms with Gasteiger partial charge in [0.15, 0.2) is 0 Å². The molecule has 3 fully saturated rings. The van der Waals surface area contributed by atoms with Crippen LogP contribution in [0.2, 0.25) is 5.02 Å². The fourth-order valence-corrected chi connectivity index (χ4v) is 5.93. The lowest BCUT2D eigenvalue weighted by molar-refractivity contribution is -0.137. The van der Waals surface area contributed by atoms with Gasteiger partial charge in [0.2, 0.25) is 11.8 Å². The molecule has 3 aromatic rings. The molecule has 0 bridgehead atoms. The average Bonchev–Trinajstić information content (AvgIpc) is 3.61. The van der Waals surface area contributed by atoms with Crippen molar-refractivity contribution in [1.29, 1.82) is 10.8 Å². The topological polar surface area (TPSA) is 113 Å². The second-order valence-electron chi connectivity index (χ2n) is 10.4. The molecule has 2 N–H and O–H groups in total. The highest BCUT2D eigenvalue weighted by Gasteiger charge is 2.39. The third-order valence-corrected chi connectivity index (χ3v) is 8.12. The molecular formula is C27H30ClN7O2. The number of hydrogen-bond donors (Lipinski definition) is 2. The second kappa shape index (κ2) is 9.45. The first-order valence-electron chi connectivity index (χ1n) is 12.9. The Balaban J connectivity index is 1.16. The molecule has 3 aliphatic rings. The molecule has 0 radical (unpaired) electrons. The van der Waals surface area contributed by atoms with Gasteiger partial charge in [-0.25, -0.2) is 4.98 Å². The molecule has 2 atom stereocenters. The summed E-state index contributed by atoms with van der Waals surface area (Å²) in [4.78, 5) is 28.1. The van der Waals surface area contributed by atoms with Crippen molar-refractivity contribution < 1.29 is 9.21 Å². The van der Waals surface area contributed by atoms with Crippen molar-refractivity contribution in [3.8, 4) is 11.5 Å². The summed E-state index contributed by atoms with van der Waals surface area (Å²) in [6.45, 7) is 4.94. The monoisotopic (exact) mass is 519 g/mol. The lowest BCUT2D eigenvalue weighted by atomic mass is 9.85. The van der Waals surface area contributed by atoms with Gasteiger partial charge in [0, 0.05) is 55.2 Å². The van der Waals surface area contributed by atoms with E-state index in [-0.39, 0.29) is 24.3 Å². The van der Waals surface area contributed by atoms with Crippen molar-refractivity contribution in [1.82, 2.24) is 19.8 Å². The highest BCUT2D eigenvalue weighted by atomic mass is 35.5. The SMILES string of the molecule is C[C@@H]1CN(c2c(Cl)cnc3cc(-c4ncco4)ccc23)CC[C@@H]1C(=O)N1CCN(C(=N)C2CC2)C(=N)C1. The number of hydrogen-bond acceptors (Lipinski definition) is 7. The Kier molecular flexibility index (Phi) is 6.10. The Labute approximate surface area is 220 Å². The zero-order chi connectivity index (χ0) is 25.7. The molecule has 6 rings (SSSR count). The van der Waals surface area contributed by atoms with Crippen LogP contribution in [0.15, 0.2) is 41.3 Å². The molecule has 0 unspecified atom stereocenters. The zero-order valence-corrected chi connectivity index (χ0v) is 21.5. The Bertz CT molecular complexity index is 1370. The number of benzene rings is 1. The number of piperidine rings is 1. The number of carbonyl (C=O) groups is 1. The number of pyridine rings is 1. The summed E-state index contributed by atoms with van der Waals surface area (Å²) in [6.07, 6.45) is 7.66. The number of rotatable bonds is 4. The van der Waals surface area contributed by atoms with E-state index in [9.17, 15) is 4.79 Å². The molecule has 1 aliphatic carbocycles. The van der Waals surface area contributed by atoms with Crippen molar-refractivity contribution in [2.75, 3.05) is 37.6 Å². The summed E-state index contributed by atoms with van der Waals surface area (Å²) < 4.78 is 5.44. The second-order valence-corrected chi connectivity index (χ2v) is 10.8. The summed E-state index contributed by atoms with van der Waals surface area (Å²) >= 11 is 6.67. The number of piperazine rings is 1. The Morgan fingerprint density at radius 3 is 2.70 bits per heavy atom. The van der Waals surface area contributed by atoms with E-state index in [1.165, 1.54) is 0 Å². The van der Waals surface area contributed by atoms with Crippen LogP contribution >= 0.6 is 11.6 Å². The van der Waals surface area contributed by atoms with E-state index >= 15 is 0 Å². The lowest BCUT2D eigenvalue weighted by Gasteiger charge is -2.42. The van der Waals surface area contributed by atoms with Crippen molar-refractivity contribution in [3.05, 3.63) is 41.9 Å². The molecule has 2 aromatic heterocycles. The highest BCUT2D eigenvalue weighted by Crippen LogP contribution is 2.38. The van der Waals surface area contributed by atoms with Crippen molar-refractivity contribution in [2.24, 2.45) is 17.8 Å². The maximum absolute atomic E-state index is 13.5. The highest BCUT2D eigenvalue weighted by molar-refractivity contribution is 6.34. The maximum atomic E-state index is 13.5. The molecule has 0 spiro atoms. The third kappa shape index (κ3) is 4.45. The van der Waals surface area contributed by atoms with Gasteiger partial charge in [-0.2, -0.15) is 0 Å². The van der Waals surface area contributed by atoms with Crippen molar-refractivity contribution in [2.45, 2.75) is 26.2 Å². The first kappa shape index (κ1) is 23.9. The summed E-state index contributed by atoms with van der Waals surface area (Å²) in [5.41, 5.74) is 2.61. The van der Waals surface area contributed by atoms with Gasteiger partial charge in [-0.1, -0.05) is 18.5 Å². The normalized spacial score (nSPS) is 22.5. The van der Waals surface area contributed by atoms with Crippen LogP contribution in [-0.4, -0.2) is 70.1 Å². The van der Waals surface area contributed by atoms with Gasteiger partial charge < -0.3 is 19.1 Å². The first-order valence-corrected chi connectivity index (χ1v) is 13.2. The van der Waals surface area contributed by atoms with Crippen LogP contribution in [0.1, 0.15) is 26.2 Å². The van der Waals surface area contributed by atoms with E-state index in [0.717, 1.165) is 41.4 Å². The van der Waals surface area contributed by atoms with Crippen molar-refractivity contribution in [3.63, 3.8) is 0 Å². The largest absolute Gasteiger partial charge is 0.445 e. The number of amides is 1. The number of oxazole rings is 1. The van der Waals surface area contributed by atoms with Crippen LogP contribution in [-0.2, 0) is 4.79 Å². The predicted octanol–water partition coefficient (Wildman–Crippen LogP) is 4.51. The quantitative estimate of drug-likeness (QED) is 0.387. The molecule has 4 heterocycles. The molecule has 1 saturated carbocycles. The van der Waals surface area contributed by atoms with Gasteiger partial charge in [-0.15, -0.1) is 0 Å². The Morgan fingerprint density at radius 2 is 2.00 bits per heavy atom. The number of nitrogens with zero attached hydrogens (tertiary/aromatic N) is 5. The third-order valence-electron chi connectivity index (χ3n) is 7.84. The van der Waals surface area contributed by atoms with Crippen LogP contribution in [0, 0.1) is 28.6 Å². The standard InChI is InChI=1S/C27H30ClN7O2/c1-16-14-33(24-20-5-4-18(26-31-7-11-37-26)12-22(20)32-13-21(24)28)8-6-19(16)27(36)34-9-10-35(23(29)15-34)25(30)17-2-3-17/h4-5,7,11-13,16-17,19,29-30H,2-3,6,8-10,14-15H2,1H3/t16-,19+/m1/s1. The minimum atomic E-state index is -0.0954. The number of amidine groups is 2. The van der Waals surface area contributed by atoms with E-state index in [4.69, 9.17) is 26.8 Å². The minimum Gasteiger partial charge on any atom is -0.445 e. The van der Waals surface area contributed by atoms with Gasteiger partial charge in [0.05, 0.1) is 29.0 Å². The fourth-order valence-electron chi connectivity index (χ4n) is 5.66. The Hall–Kier alpha value is -3.46. The fraction of sp³-hybridized carbons (Fsp3) is 0.444.